The van der Waals surface area contributed by atoms with Gasteiger partial charge in [0.05, 0.1) is 4.92 Å². The van der Waals surface area contributed by atoms with Gasteiger partial charge in [-0.15, -0.1) is 10.2 Å². The molecule has 1 aromatic heterocycles. The Morgan fingerprint density at radius 2 is 2.08 bits per heavy atom. The molecule has 0 aliphatic heterocycles. The Balaban J connectivity index is 2.64. The van der Waals surface area contributed by atoms with Crippen molar-refractivity contribution in [3.05, 3.63) is 54.8 Å². The molecule has 10 heteroatoms. The van der Waals surface area contributed by atoms with E-state index in [1.807, 2.05) is 0 Å². The first-order valence-corrected chi connectivity index (χ1v) is 6.84. The molecule has 0 amide bonds. The molecule has 0 radical (unpaired) electrons. The highest BCUT2D eigenvalue weighted by molar-refractivity contribution is 6.30. The summed E-state index contributed by atoms with van der Waals surface area (Å²) in [6, 6.07) is 5.55. The molecule has 0 spiro atoms. The first-order valence-electron chi connectivity index (χ1n) is 6.46. The van der Waals surface area contributed by atoms with Crippen LogP contribution in [0.5, 0.6) is 5.88 Å². The van der Waals surface area contributed by atoms with E-state index in [4.69, 9.17) is 16.9 Å². The lowest BCUT2D eigenvalue weighted by Crippen LogP contribution is -2.20. The number of benzene rings is 1. The van der Waals surface area contributed by atoms with Crippen LogP contribution in [0.1, 0.15) is 11.1 Å². The number of nitrogens with zero attached hydrogens (tertiary/aromatic N) is 5. The number of nitro benzene ring substituents is 1. The summed E-state index contributed by atoms with van der Waals surface area (Å²) in [4.78, 5) is 22.2. The molecule has 0 unspecified atom stereocenters. The third-order valence-corrected chi connectivity index (χ3v) is 3.52. The SMILES string of the molecule is Cc1c(N=Nc2ccc(Cl)cc2[N+](=O)[O-])c(O)n(C)c(=O)c1C#N. The van der Waals surface area contributed by atoms with E-state index in [0.29, 0.717) is 0 Å². The molecule has 0 saturated heterocycles. The van der Waals surface area contributed by atoms with Gasteiger partial charge in [-0.2, -0.15) is 5.26 Å². The van der Waals surface area contributed by atoms with Crippen molar-refractivity contribution in [1.29, 1.82) is 5.26 Å². The minimum absolute atomic E-state index is 0.0874. The Morgan fingerprint density at radius 3 is 2.67 bits per heavy atom. The van der Waals surface area contributed by atoms with Gasteiger partial charge in [-0.25, -0.2) is 0 Å². The molecule has 0 saturated carbocycles. The first kappa shape index (κ1) is 17.1. The van der Waals surface area contributed by atoms with E-state index in [1.54, 1.807) is 6.07 Å². The molecular formula is C14H10ClN5O4. The molecule has 0 aliphatic rings. The van der Waals surface area contributed by atoms with Gasteiger partial charge in [0.1, 0.15) is 11.6 Å². The van der Waals surface area contributed by atoms with Crippen LogP contribution in [0.25, 0.3) is 0 Å². The van der Waals surface area contributed by atoms with Crippen molar-refractivity contribution in [2.75, 3.05) is 0 Å². The number of hydrogen-bond donors (Lipinski definition) is 1. The lowest BCUT2D eigenvalue weighted by atomic mass is 10.1. The van der Waals surface area contributed by atoms with Gasteiger partial charge >= 0.3 is 0 Å². The summed E-state index contributed by atoms with van der Waals surface area (Å²) in [5.41, 5.74) is -1.33. The largest absolute Gasteiger partial charge is 0.493 e. The van der Waals surface area contributed by atoms with Crippen molar-refractivity contribution < 1.29 is 10.0 Å². The lowest BCUT2D eigenvalue weighted by molar-refractivity contribution is -0.384. The van der Waals surface area contributed by atoms with Crippen LogP contribution in [0.15, 0.2) is 33.2 Å². The quantitative estimate of drug-likeness (QED) is 0.516. The Bertz CT molecular complexity index is 975. The van der Waals surface area contributed by atoms with Crippen LogP contribution < -0.4 is 5.56 Å². The van der Waals surface area contributed by atoms with E-state index >= 15 is 0 Å². The fourth-order valence-electron chi connectivity index (χ4n) is 1.95. The highest BCUT2D eigenvalue weighted by atomic mass is 35.5. The second-order valence-electron chi connectivity index (χ2n) is 4.74. The zero-order chi connectivity index (χ0) is 18.0. The van der Waals surface area contributed by atoms with Crippen molar-refractivity contribution in [2.45, 2.75) is 6.92 Å². The number of hydrogen-bond acceptors (Lipinski definition) is 7. The average Bonchev–Trinajstić information content (AvgIpc) is 2.54. The number of pyridine rings is 1. The van der Waals surface area contributed by atoms with Crippen molar-refractivity contribution >= 4 is 28.7 Å². The molecule has 1 N–H and O–H groups in total. The highest BCUT2D eigenvalue weighted by Crippen LogP contribution is 2.35. The second-order valence-corrected chi connectivity index (χ2v) is 5.17. The fraction of sp³-hybridized carbons (Fsp3) is 0.143. The van der Waals surface area contributed by atoms with Gasteiger partial charge in [0, 0.05) is 23.7 Å². The van der Waals surface area contributed by atoms with Gasteiger partial charge in [0.2, 0.25) is 5.88 Å². The normalized spacial score (nSPS) is 10.8. The molecule has 0 bridgehead atoms. The zero-order valence-electron chi connectivity index (χ0n) is 12.5. The summed E-state index contributed by atoms with van der Waals surface area (Å²) < 4.78 is 0.843. The van der Waals surface area contributed by atoms with Crippen LogP contribution >= 0.6 is 11.6 Å². The van der Waals surface area contributed by atoms with Crippen LogP contribution in [0, 0.1) is 28.4 Å². The summed E-state index contributed by atoms with van der Waals surface area (Å²) in [7, 11) is 1.27. The second kappa shape index (κ2) is 6.47. The summed E-state index contributed by atoms with van der Waals surface area (Å²) >= 11 is 5.72. The van der Waals surface area contributed by atoms with Gasteiger partial charge in [-0.1, -0.05) is 11.6 Å². The van der Waals surface area contributed by atoms with E-state index in [2.05, 4.69) is 10.2 Å². The van der Waals surface area contributed by atoms with Gasteiger partial charge < -0.3 is 5.11 Å². The minimum Gasteiger partial charge on any atom is -0.493 e. The third-order valence-electron chi connectivity index (χ3n) is 3.28. The Labute approximate surface area is 140 Å². The molecular weight excluding hydrogens is 338 g/mol. The molecule has 1 aromatic carbocycles. The zero-order valence-corrected chi connectivity index (χ0v) is 13.3. The van der Waals surface area contributed by atoms with E-state index in [0.717, 1.165) is 10.6 Å². The molecule has 24 heavy (non-hydrogen) atoms. The van der Waals surface area contributed by atoms with E-state index < -0.39 is 16.4 Å². The first-order chi connectivity index (χ1) is 11.3. The standard InChI is InChI=1S/C14H10ClN5O4/c1-7-9(6-16)13(21)19(2)14(22)12(7)18-17-10-4-3-8(15)5-11(10)20(23)24/h3-5,22H,1-2H3. The number of nitro groups is 1. The topological polar surface area (TPSA) is 134 Å². The predicted molar refractivity (Wildman–Crippen MR) is 85.1 cm³/mol. The van der Waals surface area contributed by atoms with Crippen LogP contribution in [0.2, 0.25) is 5.02 Å². The van der Waals surface area contributed by atoms with Gasteiger partial charge in [0.15, 0.2) is 11.4 Å². The number of rotatable bonds is 3. The van der Waals surface area contributed by atoms with Crippen molar-refractivity contribution in [3.63, 3.8) is 0 Å². The Hall–Kier alpha value is -3.25. The monoisotopic (exact) mass is 347 g/mol. The van der Waals surface area contributed by atoms with Gasteiger partial charge in [-0.3, -0.25) is 19.5 Å². The fourth-order valence-corrected chi connectivity index (χ4v) is 2.12. The van der Waals surface area contributed by atoms with Crippen LogP contribution in [0.4, 0.5) is 17.1 Å². The molecule has 0 fully saturated rings. The average molecular weight is 348 g/mol. The molecule has 0 aliphatic carbocycles. The van der Waals surface area contributed by atoms with Crippen LogP contribution in [-0.4, -0.2) is 14.6 Å². The van der Waals surface area contributed by atoms with Crippen molar-refractivity contribution in [1.82, 2.24) is 4.57 Å². The minimum atomic E-state index is -0.677. The van der Waals surface area contributed by atoms with Crippen LogP contribution in [0.3, 0.4) is 0 Å². The maximum atomic E-state index is 11.9. The Kier molecular flexibility index (Phi) is 4.61. The predicted octanol–water partition coefficient (Wildman–Crippen LogP) is 3.25. The van der Waals surface area contributed by atoms with Crippen LogP contribution in [-0.2, 0) is 7.05 Å². The summed E-state index contributed by atoms with van der Waals surface area (Å²) in [6.07, 6.45) is 0. The molecule has 0 atom stereocenters. The van der Waals surface area contributed by atoms with Gasteiger partial charge in [0.25, 0.3) is 11.2 Å². The number of aromatic hydroxyl groups is 1. The lowest BCUT2D eigenvalue weighted by Gasteiger charge is -2.08. The number of nitriles is 1. The molecule has 122 valence electrons. The number of halogens is 1. The number of azo groups is 1. The smallest absolute Gasteiger partial charge is 0.298 e. The maximum Gasteiger partial charge on any atom is 0.298 e. The van der Waals surface area contributed by atoms with E-state index in [-0.39, 0.29) is 33.2 Å². The van der Waals surface area contributed by atoms with Gasteiger partial charge in [-0.05, 0) is 19.1 Å². The molecule has 9 nitrogen and oxygen atoms in total. The van der Waals surface area contributed by atoms with Crippen molar-refractivity contribution in [2.24, 2.45) is 17.3 Å². The summed E-state index contributed by atoms with van der Waals surface area (Å²) in [5.74, 6) is -0.503. The van der Waals surface area contributed by atoms with Crippen molar-refractivity contribution in [3.8, 4) is 11.9 Å². The summed E-state index contributed by atoms with van der Waals surface area (Å²) in [5, 5.41) is 37.8. The maximum absolute atomic E-state index is 11.9. The molecule has 2 rings (SSSR count). The molecule has 1 heterocycles. The molecule has 2 aromatic rings. The van der Waals surface area contributed by atoms with E-state index in [1.165, 1.54) is 26.1 Å². The number of aromatic nitrogens is 1. The third kappa shape index (κ3) is 2.95. The van der Waals surface area contributed by atoms with E-state index in [9.17, 15) is 20.0 Å². The summed E-state index contributed by atoms with van der Waals surface area (Å²) in [6.45, 7) is 1.42. The Morgan fingerprint density at radius 1 is 1.42 bits per heavy atom. The highest BCUT2D eigenvalue weighted by Gasteiger charge is 2.18.